The number of hydrogen-bond acceptors (Lipinski definition) is 3. The van der Waals surface area contributed by atoms with E-state index in [1.54, 1.807) is 19.2 Å². The standard InChI is InChI=1S/C17H17FN4/c1-12-8-15(6-7-16(12)18)17-10-20-21-22(17)11-14-4-2-13(9-19)3-5-14/h2-8,10H,9,11,19H2,1H3. The summed E-state index contributed by atoms with van der Waals surface area (Å²) < 4.78 is 15.2. The predicted molar refractivity (Wildman–Crippen MR) is 83.6 cm³/mol. The fraction of sp³-hybridized carbons (Fsp3) is 0.176. The molecular formula is C17H17FN4. The number of aromatic nitrogens is 3. The first-order valence-corrected chi connectivity index (χ1v) is 7.10. The number of nitrogens with zero attached hydrogens (tertiary/aromatic N) is 3. The Hall–Kier alpha value is -2.53. The molecule has 22 heavy (non-hydrogen) atoms. The van der Waals surface area contributed by atoms with Crippen molar-refractivity contribution in [1.29, 1.82) is 0 Å². The van der Waals surface area contributed by atoms with Crippen LogP contribution in [-0.4, -0.2) is 15.0 Å². The normalized spacial score (nSPS) is 10.9. The van der Waals surface area contributed by atoms with E-state index in [2.05, 4.69) is 10.3 Å². The fourth-order valence-corrected chi connectivity index (χ4v) is 2.36. The van der Waals surface area contributed by atoms with E-state index in [-0.39, 0.29) is 5.82 Å². The zero-order valence-corrected chi connectivity index (χ0v) is 12.3. The maximum absolute atomic E-state index is 13.4. The SMILES string of the molecule is Cc1cc(-c2cnnn2Cc2ccc(CN)cc2)ccc1F. The first kappa shape index (κ1) is 14.4. The molecule has 1 heterocycles. The Kier molecular flexibility index (Phi) is 3.98. The molecule has 0 aliphatic carbocycles. The van der Waals surface area contributed by atoms with Gasteiger partial charge in [-0.05, 0) is 41.8 Å². The molecule has 0 saturated carbocycles. The van der Waals surface area contributed by atoms with E-state index in [9.17, 15) is 4.39 Å². The second-order valence-corrected chi connectivity index (χ2v) is 5.26. The van der Waals surface area contributed by atoms with Crippen molar-refractivity contribution in [2.24, 2.45) is 5.73 Å². The third-order valence-corrected chi connectivity index (χ3v) is 3.66. The van der Waals surface area contributed by atoms with Crippen molar-refractivity contribution >= 4 is 0 Å². The molecule has 3 aromatic rings. The van der Waals surface area contributed by atoms with E-state index >= 15 is 0 Å². The van der Waals surface area contributed by atoms with Crippen molar-refractivity contribution < 1.29 is 4.39 Å². The second-order valence-electron chi connectivity index (χ2n) is 5.26. The molecule has 0 bridgehead atoms. The van der Waals surface area contributed by atoms with Crippen LogP contribution in [-0.2, 0) is 13.1 Å². The lowest BCUT2D eigenvalue weighted by atomic mass is 10.1. The molecule has 3 rings (SSSR count). The molecule has 0 unspecified atom stereocenters. The lowest BCUT2D eigenvalue weighted by Crippen LogP contribution is -2.05. The zero-order valence-electron chi connectivity index (χ0n) is 12.3. The number of benzene rings is 2. The molecule has 0 amide bonds. The molecular weight excluding hydrogens is 279 g/mol. The van der Waals surface area contributed by atoms with Gasteiger partial charge >= 0.3 is 0 Å². The topological polar surface area (TPSA) is 56.7 Å². The van der Waals surface area contributed by atoms with Gasteiger partial charge in [0.25, 0.3) is 0 Å². The Labute approximate surface area is 128 Å². The average Bonchev–Trinajstić information content (AvgIpc) is 2.99. The summed E-state index contributed by atoms with van der Waals surface area (Å²) in [5, 5.41) is 8.11. The minimum atomic E-state index is -0.208. The maximum Gasteiger partial charge on any atom is 0.126 e. The maximum atomic E-state index is 13.4. The minimum absolute atomic E-state index is 0.208. The highest BCUT2D eigenvalue weighted by Gasteiger charge is 2.09. The van der Waals surface area contributed by atoms with Gasteiger partial charge in [-0.25, -0.2) is 9.07 Å². The quantitative estimate of drug-likeness (QED) is 0.805. The van der Waals surface area contributed by atoms with Gasteiger partial charge < -0.3 is 5.73 Å². The molecule has 0 saturated heterocycles. The molecule has 4 nitrogen and oxygen atoms in total. The molecule has 0 fully saturated rings. The van der Waals surface area contributed by atoms with E-state index in [1.165, 1.54) is 6.07 Å². The summed E-state index contributed by atoms with van der Waals surface area (Å²) in [6.45, 7) is 2.89. The van der Waals surface area contributed by atoms with Crippen LogP contribution in [0.25, 0.3) is 11.3 Å². The molecule has 0 atom stereocenters. The number of rotatable bonds is 4. The van der Waals surface area contributed by atoms with Crippen LogP contribution >= 0.6 is 0 Å². The Morgan fingerprint density at radius 1 is 1.09 bits per heavy atom. The summed E-state index contributed by atoms with van der Waals surface area (Å²) in [4.78, 5) is 0. The van der Waals surface area contributed by atoms with Crippen LogP contribution in [0.3, 0.4) is 0 Å². The van der Waals surface area contributed by atoms with E-state index < -0.39 is 0 Å². The summed E-state index contributed by atoms with van der Waals surface area (Å²) in [6.07, 6.45) is 1.70. The van der Waals surface area contributed by atoms with Gasteiger partial charge in [0.05, 0.1) is 18.4 Å². The first-order chi connectivity index (χ1) is 10.7. The average molecular weight is 296 g/mol. The first-order valence-electron chi connectivity index (χ1n) is 7.10. The number of hydrogen-bond donors (Lipinski definition) is 1. The molecule has 0 aliphatic rings. The Bertz CT molecular complexity index is 778. The number of nitrogens with two attached hydrogens (primary N) is 1. The fourth-order valence-electron chi connectivity index (χ4n) is 2.36. The Morgan fingerprint density at radius 3 is 2.50 bits per heavy atom. The largest absolute Gasteiger partial charge is 0.326 e. The van der Waals surface area contributed by atoms with E-state index in [0.717, 1.165) is 22.4 Å². The van der Waals surface area contributed by atoms with Gasteiger partial charge in [0.2, 0.25) is 0 Å². The molecule has 112 valence electrons. The van der Waals surface area contributed by atoms with Crippen LogP contribution in [0.4, 0.5) is 4.39 Å². The molecule has 5 heteroatoms. The molecule has 0 spiro atoms. The van der Waals surface area contributed by atoms with E-state index in [1.807, 2.05) is 35.0 Å². The molecule has 1 aromatic heterocycles. The third kappa shape index (κ3) is 2.89. The minimum Gasteiger partial charge on any atom is -0.326 e. The number of aryl methyl sites for hydroxylation is 1. The van der Waals surface area contributed by atoms with Crippen LogP contribution < -0.4 is 5.73 Å². The highest BCUT2D eigenvalue weighted by molar-refractivity contribution is 5.59. The summed E-state index contributed by atoms with van der Waals surface area (Å²) in [6, 6.07) is 13.1. The zero-order chi connectivity index (χ0) is 15.5. The third-order valence-electron chi connectivity index (χ3n) is 3.66. The summed E-state index contributed by atoms with van der Waals surface area (Å²) >= 11 is 0. The number of halogens is 1. The highest BCUT2D eigenvalue weighted by Crippen LogP contribution is 2.21. The van der Waals surface area contributed by atoms with Crippen LogP contribution in [0.1, 0.15) is 16.7 Å². The van der Waals surface area contributed by atoms with Gasteiger partial charge in [-0.3, -0.25) is 0 Å². The van der Waals surface area contributed by atoms with E-state index in [4.69, 9.17) is 5.73 Å². The summed E-state index contributed by atoms with van der Waals surface area (Å²) in [5.74, 6) is -0.208. The van der Waals surface area contributed by atoms with Crippen LogP contribution in [0, 0.1) is 12.7 Å². The highest BCUT2D eigenvalue weighted by atomic mass is 19.1. The van der Waals surface area contributed by atoms with Crippen LogP contribution in [0.15, 0.2) is 48.7 Å². The smallest absolute Gasteiger partial charge is 0.126 e. The van der Waals surface area contributed by atoms with Crippen LogP contribution in [0.2, 0.25) is 0 Å². The van der Waals surface area contributed by atoms with Crippen molar-refractivity contribution in [1.82, 2.24) is 15.0 Å². The lowest BCUT2D eigenvalue weighted by Gasteiger charge is -2.08. The van der Waals surface area contributed by atoms with Crippen molar-refractivity contribution in [3.63, 3.8) is 0 Å². The van der Waals surface area contributed by atoms with Gasteiger partial charge in [0.15, 0.2) is 0 Å². The molecule has 2 aromatic carbocycles. The van der Waals surface area contributed by atoms with Crippen LogP contribution in [0.5, 0.6) is 0 Å². The van der Waals surface area contributed by atoms with Gasteiger partial charge in [0.1, 0.15) is 5.82 Å². The van der Waals surface area contributed by atoms with Crippen molar-refractivity contribution in [3.8, 4) is 11.3 Å². The van der Waals surface area contributed by atoms with Gasteiger partial charge in [-0.1, -0.05) is 29.5 Å². The Morgan fingerprint density at radius 2 is 1.82 bits per heavy atom. The van der Waals surface area contributed by atoms with E-state index in [0.29, 0.717) is 18.7 Å². The Balaban J connectivity index is 1.89. The summed E-state index contributed by atoms with van der Waals surface area (Å²) in [5.41, 5.74) is 10.2. The van der Waals surface area contributed by atoms with Crippen molar-refractivity contribution in [3.05, 3.63) is 71.2 Å². The lowest BCUT2D eigenvalue weighted by molar-refractivity contribution is 0.618. The molecule has 0 radical (unpaired) electrons. The second kappa shape index (κ2) is 6.07. The van der Waals surface area contributed by atoms with Gasteiger partial charge in [-0.15, -0.1) is 5.10 Å². The van der Waals surface area contributed by atoms with Crippen molar-refractivity contribution in [2.45, 2.75) is 20.0 Å². The predicted octanol–water partition coefficient (Wildman–Crippen LogP) is 2.90. The monoisotopic (exact) mass is 296 g/mol. The van der Waals surface area contributed by atoms with Gasteiger partial charge in [0, 0.05) is 12.1 Å². The van der Waals surface area contributed by atoms with Gasteiger partial charge in [-0.2, -0.15) is 0 Å². The molecule has 0 aliphatic heterocycles. The molecule has 2 N–H and O–H groups in total. The summed E-state index contributed by atoms with van der Waals surface area (Å²) in [7, 11) is 0. The van der Waals surface area contributed by atoms with Crippen molar-refractivity contribution in [2.75, 3.05) is 0 Å².